The lowest BCUT2D eigenvalue weighted by Gasteiger charge is -2.19. The summed E-state index contributed by atoms with van der Waals surface area (Å²) in [5.41, 5.74) is 5.61. The Morgan fingerprint density at radius 1 is 0.938 bits per heavy atom. The fourth-order valence-corrected chi connectivity index (χ4v) is 4.14. The van der Waals surface area contributed by atoms with Crippen LogP contribution in [-0.4, -0.2) is 10.9 Å². The van der Waals surface area contributed by atoms with Crippen LogP contribution in [0.4, 0.5) is 0 Å². The van der Waals surface area contributed by atoms with E-state index in [9.17, 15) is 4.79 Å². The van der Waals surface area contributed by atoms with E-state index < -0.39 is 0 Å². The van der Waals surface area contributed by atoms with Gasteiger partial charge in [0, 0.05) is 15.4 Å². The van der Waals surface area contributed by atoms with Crippen molar-refractivity contribution < 1.29 is 4.79 Å². The molecule has 1 aromatic heterocycles. The van der Waals surface area contributed by atoms with Gasteiger partial charge in [-0.05, 0) is 47.7 Å². The number of rotatable bonds is 4. The third-order valence-electron chi connectivity index (χ3n) is 5.71. The van der Waals surface area contributed by atoms with Crippen LogP contribution in [0.1, 0.15) is 55.2 Å². The quantitative estimate of drug-likeness (QED) is 0.325. The number of hydrogen-bond donors (Lipinski definition) is 1. The van der Waals surface area contributed by atoms with Crippen LogP contribution in [0.3, 0.4) is 0 Å². The number of aromatic nitrogens is 1. The summed E-state index contributed by atoms with van der Waals surface area (Å²) in [6.45, 7) is 8.60. The van der Waals surface area contributed by atoms with Gasteiger partial charge in [0.05, 0.1) is 22.8 Å². The molecule has 3 aromatic carbocycles. The van der Waals surface area contributed by atoms with Crippen molar-refractivity contribution in [3.8, 4) is 11.3 Å². The van der Waals surface area contributed by atoms with E-state index in [2.05, 4.69) is 66.3 Å². The average Bonchev–Trinajstić information content (AvgIpc) is 2.78. The van der Waals surface area contributed by atoms with Gasteiger partial charge in [-0.25, -0.2) is 4.98 Å². The lowest BCUT2D eigenvalue weighted by molar-refractivity contribution is 0.0941. The summed E-state index contributed by atoms with van der Waals surface area (Å²) in [6, 6.07) is 26.1. The maximum atomic E-state index is 13.4. The second kappa shape index (κ2) is 8.87. The molecule has 1 N–H and O–H groups in total. The van der Waals surface area contributed by atoms with Gasteiger partial charge < -0.3 is 5.32 Å². The molecule has 4 aromatic rings. The Morgan fingerprint density at radius 3 is 2.28 bits per heavy atom. The molecule has 1 heterocycles. The van der Waals surface area contributed by atoms with Gasteiger partial charge in [-0.1, -0.05) is 91.3 Å². The number of carbonyl (C=O) groups excluding carboxylic acids is 1. The van der Waals surface area contributed by atoms with Crippen molar-refractivity contribution >= 4 is 32.7 Å². The number of amides is 1. The molecule has 0 saturated carbocycles. The molecule has 0 aliphatic carbocycles. The normalized spacial score (nSPS) is 12.5. The van der Waals surface area contributed by atoms with Crippen LogP contribution in [-0.2, 0) is 5.41 Å². The number of hydrogen-bond acceptors (Lipinski definition) is 2. The first-order valence-electron chi connectivity index (χ1n) is 10.8. The highest BCUT2D eigenvalue weighted by Gasteiger charge is 2.18. The molecule has 0 bridgehead atoms. The number of halogens is 1. The molecule has 0 radical (unpaired) electrons. The molecular formula is C28H27BrN2O. The number of benzene rings is 3. The van der Waals surface area contributed by atoms with Gasteiger partial charge in [0.2, 0.25) is 0 Å². The highest BCUT2D eigenvalue weighted by atomic mass is 79.9. The third-order valence-corrected chi connectivity index (χ3v) is 6.20. The van der Waals surface area contributed by atoms with E-state index in [0.717, 1.165) is 32.2 Å². The van der Waals surface area contributed by atoms with Crippen LogP contribution in [0.15, 0.2) is 83.3 Å². The Balaban J connectivity index is 1.75. The second-order valence-electron chi connectivity index (χ2n) is 9.15. The van der Waals surface area contributed by atoms with Crippen LogP contribution in [0, 0.1) is 0 Å². The van der Waals surface area contributed by atoms with Gasteiger partial charge in [0.15, 0.2) is 0 Å². The van der Waals surface area contributed by atoms with E-state index in [1.165, 1.54) is 5.56 Å². The maximum absolute atomic E-state index is 13.4. The predicted molar refractivity (Wildman–Crippen MR) is 136 cm³/mol. The topological polar surface area (TPSA) is 42.0 Å². The van der Waals surface area contributed by atoms with Crippen LogP contribution < -0.4 is 5.32 Å². The minimum atomic E-state index is -0.112. The van der Waals surface area contributed by atoms with Crippen LogP contribution in [0.2, 0.25) is 0 Å². The Kier molecular flexibility index (Phi) is 6.16. The molecule has 162 valence electrons. The Bertz CT molecular complexity index is 1260. The monoisotopic (exact) mass is 486 g/mol. The molecule has 32 heavy (non-hydrogen) atoms. The minimum Gasteiger partial charge on any atom is -0.345 e. The van der Waals surface area contributed by atoms with Crippen LogP contribution in [0.5, 0.6) is 0 Å². The molecule has 0 aliphatic heterocycles. The predicted octanol–water partition coefficient (Wildman–Crippen LogP) is 7.45. The van der Waals surface area contributed by atoms with Crippen LogP contribution >= 0.6 is 15.9 Å². The number of nitrogens with one attached hydrogen (secondary N) is 1. The SMILES string of the molecule is C[C@@H](NC(=O)c1cc(-c2ccc(C(C)(C)C)cc2)nc2ccc(Br)cc12)c1ccccc1. The van der Waals surface area contributed by atoms with Crippen molar-refractivity contribution in [2.45, 2.75) is 39.2 Å². The van der Waals surface area contributed by atoms with Gasteiger partial charge in [-0.2, -0.15) is 0 Å². The standard InChI is InChI=1S/C28H27BrN2O/c1-18(19-8-6-5-7-9-19)30-27(32)24-17-26(31-25-15-14-22(29)16-23(24)25)20-10-12-21(13-11-20)28(2,3)4/h5-18H,1-4H3,(H,30,32)/t18-/m1/s1. The first kappa shape index (κ1) is 22.2. The fourth-order valence-electron chi connectivity index (χ4n) is 3.77. The first-order chi connectivity index (χ1) is 15.2. The zero-order valence-corrected chi connectivity index (χ0v) is 20.4. The molecular weight excluding hydrogens is 460 g/mol. The summed E-state index contributed by atoms with van der Waals surface area (Å²) in [4.78, 5) is 18.2. The van der Waals surface area contributed by atoms with Gasteiger partial charge in [0.1, 0.15) is 0 Å². The van der Waals surface area contributed by atoms with E-state index >= 15 is 0 Å². The Labute approximate surface area is 198 Å². The maximum Gasteiger partial charge on any atom is 0.252 e. The highest BCUT2D eigenvalue weighted by molar-refractivity contribution is 9.10. The lowest BCUT2D eigenvalue weighted by atomic mass is 9.86. The fraction of sp³-hybridized carbons (Fsp3) is 0.214. The van der Waals surface area contributed by atoms with Gasteiger partial charge >= 0.3 is 0 Å². The van der Waals surface area contributed by atoms with E-state index in [4.69, 9.17) is 4.98 Å². The zero-order valence-electron chi connectivity index (χ0n) is 18.8. The van der Waals surface area contributed by atoms with Crippen molar-refractivity contribution in [3.05, 3.63) is 100 Å². The van der Waals surface area contributed by atoms with E-state index in [0.29, 0.717) is 5.56 Å². The highest BCUT2D eigenvalue weighted by Crippen LogP contribution is 2.30. The zero-order chi connectivity index (χ0) is 22.9. The van der Waals surface area contributed by atoms with Crippen molar-refractivity contribution in [3.63, 3.8) is 0 Å². The smallest absolute Gasteiger partial charge is 0.252 e. The molecule has 0 unspecified atom stereocenters. The number of pyridine rings is 1. The van der Waals surface area contributed by atoms with Crippen molar-refractivity contribution in [2.24, 2.45) is 0 Å². The van der Waals surface area contributed by atoms with E-state index in [-0.39, 0.29) is 17.4 Å². The van der Waals surface area contributed by atoms with Crippen molar-refractivity contribution in [1.82, 2.24) is 10.3 Å². The average molecular weight is 487 g/mol. The number of fused-ring (bicyclic) bond motifs is 1. The number of carbonyl (C=O) groups is 1. The molecule has 1 atom stereocenters. The summed E-state index contributed by atoms with van der Waals surface area (Å²) in [6.07, 6.45) is 0. The van der Waals surface area contributed by atoms with Gasteiger partial charge in [0.25, 0.3) is 5.91 Å². The van der Waals surface area contributed by atoms with Gasteiger partial charge in [-0.15, -0.1) is 0 Å². The lowest BCUT2D eigenvalue weighted by Crippen LogP contribution is -2.27. The van der Waals surface area contributed by atoms with E-state index in [1.54, 1.807) is 0 Å². The molecule has 4 rings (SSSR count). The molecule has 0 saturated heterocycles. The first-order valence-corrected chi connectivity index (χ1v) is 11.6. The Hall–Kier alpha value is -2.98. The Morgan fingerprint density at radius 2 is 1.62 bits per heavy atom. The molecule has 0 fully saturated rings. The molecule has 0 spiro atoms. The summed E-state index contributed by atoms with van der Waals surface area (Å²) < 4.78 is 0.916. The summed E-state index contributed by atoms with van der Waals surface area (Å²) in [5, 5.41) is 3.98. The summed E-state index contributed by atoms with van der Waals surface area (Å²) in [5.74, 6) is -0.112. The second-order valence-corrected chi connectivity index (χ2v) is 10.1. The summed E-state index contributed by atoms with van der Waals surface area (Å²) in [7, 11) is 0. The van der Waals surface area contributed by atoms with Crippen molar-refractivity contribution in [2.75, 3.05) is 0 Å². The molecule has 3 nitrogen and oxygen atoms in total. The van der Waals surface area contributed by atoms with Crippen LogP contribution in [0.25, 0.3) is 22.2 Å². The van der Waals surface area contributed by atoms with E-state index in [1.807, 2.05) is 61.5 Å². The molecule has 0 aliphatic rings. The largest absolute Gasteiger partial charge is 0.345 e. The number of nitrogens with zero attached hydrogens (tertiary/aromatic N) is 1. The minimum absolute atomic E-state index is 0.0836. The van der Waals surface area contributed by atoms with Gasteiger partial charge in [-0.3, -0.25) is 4.79 Å². The third kappa shape index (κ3) is 4.76. The molecule has 1 amide bonds. The summed E-state index contributed by atoms with van der Waals surface area (Å²) >= 11 is 3.53. The molecule has 4 heteroatoms. The van der Waals surface area contributed by atoms with Crippen molar-refractivity contribution in [1.29, 1.82) is 0 Å².